The third-order valence-electron chi connectivity index (χ3n) is 2.24. The Morgan fingerprint density at radius 2 is 1.35 bits per heavy atom. The second kappa shape index (κ2) is 10.6. The molecule has 1 N–H and O–H groups in total. The fourth-order valence-electron chi connectivity index (χ4n) is 1.16. The molecule has 0 fully saturated rings. The van der Waals surface area contributed by atoms with Crippen LogP contribution in [-0.2, 0) is 21.7 Å². The van der Waals surface area contributed by atoms with Gasteiger partial charge in [-0.15, -0.1) is 12.5 Å². The second-order valence-corrected chi connectivity index (χ2v) is 5.05. The van der Waals surface area contributed by atoms with Gasteiger partial charge in [0.1, 0.15) is 0 Å². The molecule has 0 bridgehead atoms. The predicted octanol–water partition coefficient (Wildman–Crippen LogP) is -1.44. The van der Waals surface area contributed by atoms with Crippen molar-refractivity contribution in [2.24, 2.45) is 5.92 Å². The Hall–Kier alpha value is 0.734. The van der Waals surface area contributed by atoms with Crippen LogP contribution in [0.5, 0.6) is 0 Å². The summed E-state index contributed by atoms with van der Waals surface area (Å²) in [6.45, 7) is 14.2. The summed E-state index contributed by atoms with van der Waals surface area (Å²) in [7, 11) is 0. The van der Waals surface area contributed by atoms with E-state index >= 15 is 0 Å². The van der Waals surface area contributed by atoms with Crippen molar-refractivity contribution in [2.75, 3.05) is 0 Å². The maximum atomic E-state index is 6.94. The van der Waals surface area contributed by atoms with Gasteiger partial charge in [-0.1, -0.05) is 47.5 Å². The van der Waals surface area contributed by atoms with Crippen LogP contribution >= 0.6 is 0 Å². The van der Waals surface area contributed by atoms with Crippen LogP contribution in [0.1, 0.15) is 48.5 Å². The Morgan fingerprint density at radius 1 is 1.06 bits per heavy atom. The first-order valence-corrected chi connectivity index (χ1v) is 5.15. The Balaban J connectivity index is -0.0000000948. The minimum atomic E-state index is -0.250. The van der Waals surface area contributed by atoms with Crippen molar-refractivity contribution in [3.8, 4) is 0 Å². The van der Waals surface area contributed by atoms with Gasteiger partial charge in [-0.05, 0) is 0 Å². The van der Waals surface area contributed by atoms with Gasteiger partial charge in [-0.25, -0.2) is 5.57 Å². The van der Waals surface area contributed by atoms with E-state index < -0.39 is 0 Å². The van der Waals surface area contributed by atoms with Crippen LogP contribution in [0, 0.1) is 12.0 Å². The molecule has 0 saturated carbocycles. The predicted molar refractivity (Wildman–Crippen MR) is 64.0 cm³/mol. The number of rotatable bonds is 0. The monoisotopic (exact) mass is 311 g/mol. The average molecular weight is 312 g/mol. The van der Waals surface area contributed by atoms with E-state index in [1.807, 2.05) is 20.8 Å². The summed E-state index contributed by atoms with van der Waals surface area (Å²) in [4.78, 5) is 0. The smallest absolute Gasteiger partial charge is 1.00 e. The Bertz CT molecular complexity index is 259. The van der Waals surface area contributed by atoms with E-state index in [1.165, 1.54) is 16.7 Å². The molecule has 0 aromatic rings. The maximum Gasteiger partial charge on any atom is 4.00 e. The van der Waals surface area contributed by atoms with E-state index in [0.29, 0.717) is 5.92 Å². The molecule has 1 aliphatic carbocycles. The number of hydrogen-bond acceptors (Lipinski definition) is 0. The van der Waals surface area contributed by atoms with Crippen molar-refractivity contribution in [2.45, 2.75) is 54.0 Å². The van der Waals surface area contributed by atoms with Gasteiger partial charge in [-0.3, -0.25) is 6.08 Å². The first-order chi connectivity index (χ1) is 6.13. The van der Waals surface area contributed by atoms with Gasteiger partial charge < -0.3 is 30.5 Å². The molecule has 0 aromatic carbocycles. The molecule has 98 valence electrons. The van der Waals surface area contributed by atoms with Gasteiger partial charge in [0.05, 0.1) is 0 Å². The van der Waals surface area contributed by atoms with Gasteiger partial charge in [0.15, 0.2) is 0 Å². The molecule has 0 aliphatic heterocycles. The molecule has 0 radical (unpaired) electrons. The molecule has 0 spiro atoms. The normalized spacial score (nSPS) is 17.9. The fourth-order valence-corrected chi connectivity index (χ4v) is 1.16. The summed E-state index contributed by atoms with van der Waals surface area (Å²) in [5.74, 6) is 0.560. The molecule has 4 heteroatoms. The Labute approximate surface area is 134 Å². The van der Waals surface area contributed by atoms with Crippen LogP contribution in [-0.4, -0.2) is 5.54 Å². The van der Waals surface area contributed by atoms with Gasteiger partial charge in [0.2, 0.25) is 0 Å². The number of hydrogen-bond donors (Lipinski definition) is 0. The third-order valence-corrected chi connectivity index (χ3v) is 2.24. The molecule has 0 saturated heterocycles. The number of allylic oxidation sites excluding steroid dienone is 4. The molecule has 1 nitrogen and oxygen atoms in total. The van der Waals surface area contributed by atoms with Gasteiger partial charge in [0, 0.05) is 0 Å². The average Bonchev–Trinajstić information content (AvgIpc) is 2.14. The summed E-state index contributed by atoms with van der Waals surface area (Å²) >= 11 is 0. The molecule has 1 atom stereocenters. The third kappa shape index (κ3) is 13.0. The van der Waals surface area contributed by atoms with Gasteiger partial charge in [0.25, 0.3) is 0 Å². The first kappa shape index (κ1) is 26.3. The van der Waals surface area contributed by atoms with E-state index in [0.717, 1.165) is 0 Å². The summed E-state index contributed by atoms with van der Waals surface area (Å²) in [6.07, 6.45) is 3.36. The molecular weight excluding hydrogens is 289 g/mol. The molecule has 1 unspecified atom stereocenters. The maximum absolute atomic E-state index is 6.94. The summed E-state index contributed by atoms with van der Waals surface area (Å²) < 4.78 is 0. The Kier molecular flexibility index (Phi) is 16.5. The zero-order valence-corrected chi connectivity index (χ0v) is 14.9. The van der Waals surface area contributed by atoms with Crippen molar-refractivity contribution in [3.63, 3.8) is 0 Å². The Morgan fingerprint density at radius 3 is 1.41 bits per heavy atom. The summed E-state index contributed by atoms with van der Waals surface area (Å²) in [5, 5.41) is 0. The van der Waals surface area contributed by atoms with Crippen LogP contribution in [0.15, 0.2) is 16.7 Å². The number of halogens is 2. The van der Waals surface area contributed by atoms with Gasteiger partial charge in [-0.2, -0.15) is 11.1 Å². The molecular formula is C13H23Cl2NTi. The number of nitrogens with one attached hydrogen (secondary N) is 1. The minimum Gasteiger partial charge on any atom is -1.00 e. The molecule has 0 amide bonds. The van der Waals surface area contributed by atoms with E-state index in [9.17, 15) is 0 Å². The fraction of sp³-hybridized carbons (Fsp3) is 0.692. The molecule has 17 heavy (non-hydrogen) atoms. The van der Waals surface area contributed by atoms with Crippen molar-refractivity contribution < 1.29 is 46.5 Å². The van der Waals surface area contributed by atoms with E-state index in [-0.39, 0.29) is 52.1 Å². The van der Waals surface area contributed by atoms with Crippen LogP contribution in [0.25, 0.3) is 5.73 Å². The minimum absolute atomic E-state index is 0. The SMILES string of the molecule is CC(C)(C)[NH-].CC1=[C-]C(C)C(C)=C1C.[Cl-].[Cl-].[Ti+4]. The van der Waals surface area contributed by atoms with Crippen LogP contribution in [0.4, 0.5) is 0 Å². The van der Waals surface area contributed by atoms with Crippen molar-refractivity contribution in [1.29, 1.82) is 0 Å². The summed E-state index contributed by atoms with van der Waals surface area (Å²) in [6, 6.07) is 0. The topological polar surface area (TPSA) is 23.8 Å². The van der Waals surface area contributed by atoms with Crippen LogP contribution in [0.3, 0.4) is 0 Å². The summed E-state index contributed by atoms with van der Waals surface area (Å²) in [5.41, 5.74) is 10.9. The molecule has 1 rings (SSSR count). The standard InChI is InChI=1S/C9H13.C4H10N.2ClH.Ti/c1-6-5-7(2)9(4)8(6)3;1-4(2,3)5;;;/h6H,1-4H3;5H,1-3H3;2*1H;/q2*-1;;;+4/p-2. The van der Waals surface area contributed by atoms with E-state index in [1.54, 1.807) is 0 Å². The van der Waals surface area contributed by atoms with Crippen molar-refractivity contribution in [3.05, 3.63) is 28.5 Å². The zero-order chi connectivity index (χ0) is 11.5. The first-order valence-electron chi connectivity index (χ1n) is 5.15. The van der Waals surface area contributed by atoms with Crippen LogP contribution in [0.2, 0.25) is 0 Å². The molecule has 0 aromatic heterocycles. The van der Waals surface area contributed by atoms with Gasteiger partial charge >= 0.3 is 21.7 Å². The zero-order valence-electron chi connectivity index (χ0n) is 11.8. The quantitative estimate of drug-likeness (QED) is 0.387. The second-order valence-electron chi connectivity index (χ2n) is 5.05. The molecule has 1 aliphatic rings. The molecule has 0 heterocycles. The van der Waals surface area contributed by atoms with Crippen molar-refractivity contribution in [1.82, 2.24) is 0 Å². The van der Waals surface area contributed by atoms with E-state index in [2.05, 4.69) is 33.8 Å². The van der Waals surface area contributed by atoms with Crippen LogP contribution < -0.4 is 24.8 Å². The van der Waals surface area contributed by atoms with Crippen molar-refractivity contribution >= 4 is 0 Å². The van der Waals surface area contributed by atoms with E-state index in [4.69, 9.17) is 5.73 Å². The largest absolute Gasteiger partial charge is 4.00 e.